The smallest absolute Gasteiger partial charge is 0.242 e. The van der Waals surface area contributed by atoms with Crippen molar-refractivity contribution in [1.82, 2.24) is 10.2 Å². The lowest BCUT2D eigenvalue weighted by molar-refractivity contribution is -0.141. The third-order valence-electron chi connectivity index (χ3n) is 5.77. The second-order valence-corrected chi connectivity index (χ2v) is 10.6. The molecule has 2 rings (SSSR count). The van der Waals surface area contributed by atoms with Gasteiger partial charge in [0.1, 0.15) is 11.8 Å². The van der Waals surface area contributed by atoms with E-state index in [0.29, 0.717) is 24.3 Å². The topological polar surface area (TPSA) is 96.0 Å². The van der Waals surface area contributed by atoms with Crippen molar-refractivity contribution < 1.29 is 22.7 Å². The van der Waals surface area contributed by atoms with Gasteiger partial charge < -0.3 is 15.0 Å². The van der Waals surface area contributed by atoms with E-state index in [2.05, 4.69) is 5.32 Å². The first-order valence-corrected chi connectivity index (χ1v) is 13.5. The van der Waals surface area contributed by atoms with E-state index in [1.807, 2.05) is 63.2 Å². The Morgan fingerprint density at radius 1 is 1.09 bits per heavy atom. The number of sulfonamides is 1. The predicted octanol–water partition coefficient (Wildman–Crippen LogP) is 3.41. The minimum atomic E-state index is -3.53. The maximum atomic E-state index is 13.3. The van der Waals surface area contributed by atoms with Crippen molar-refractivity contribution in [2.24, 2.45) is 0 Å². The quantitative estimate of drug-likeness (QED) is 0.479. The summed E-state index contributed by atoms with van der Waals surface area (Å²) >= 11 is 0. The Hall–Kier alpha value is -3.07. The van der Waals surface area contributed by atoms with Crippen LogP contribution in [0.2, 0.25) is 0 Å². The van der Waals surface area contributed by atoms with Gasteiger partial charge in [0.15, 0.2) is 0 Å². The van der Waals surface area contributed by atoms with Crippen LogP contribution in [0.1, 0.15) is 42.9 Å². The second-order valence-electron chi connectivity index (χ2n) is 8.70. The summed E-state index contributed by atoms with van der Waals surface area (Å²) in [5.74, 6) is 0.217. The summed E-state index contributed by atoms with van der Waals surface area (Å²) in [6.07, 6.45) is 2.04. The molecule has 2 aromatic carbocycles. The molecule has 0 aromatic heterocycles. The molecule has 0 heterocycles. The highest BCUT2D eigenvalue weighted by Crippen LogP contribution is 2.23. The van der Waals surface area contributed by atoms with Crippen molar-refractivity contribution in [2.45, 2.75) is 52.6 Å². The van der Waals surface area contributed by atoms with Crippen LogP contribution >= 0.6 is 0 Å². The Bertz CT molecular complexity index is 1110. The molecule has 0 bridgehead atoms. The zero-order valence-corrected chi connectivity index (χ0v) is 22.3. The fourth-order valence-electron chi connectivity index (χ4n) is 4.15. The SMILES string of the molecule is CC[C@@H](C(=O)NC)N(Cc1cccc(OC)c1)C(=O)CCCN(c1cc(C)cc(C)c1)S(C)(=O)=O. The lowest BCUT2D eigenvalue weighted by atomic mass is 10.1. The number of amides is 2. The van der Waals surface area contributed by atoms with Crippen molar-refractivity contribution in [3.63, 3.8) is 0 Å². The summed E-state index contributed by atoms with van der Waals surface area (Å²) < 4.78 is 31.7. The summed E-state index contributed by atoms with van der Waals surface area (Å²) in [5.41, 5.74) is 3.35. The van der Waals surface area contributed by atoms with E-state index < -0.39 is 16.1 Å². The molecule has 0 radical (unpaired) electrons. The molecule has 0 unspecified atom stereocenters. The van der Waals surface area contributed by atoms with Crippen LogP contribution in [0.5, 0.6) is 5.75 Å². The molecule has 0 saturated carbocycles. The van der Waals surface area contributed by atoms with E-state index in [-0.39, 0.29) is 31.3 Å². The summed E-state index contributed by atoms with van der Waals surface area (Å²) in [6.45, 7) is 6.10. The maximum Gasteiger partial charge on any atom is 0.242 e. The second kappa shape index (κ2) is 12.6. The Labute approximate surface area is 209 Å². The molecule has 0 aliphatic carbocycles. The average molecular weight is 504 g/mol. The van der Waals surface area contributed by atoms with Gasteiger partial charge in [-0.1, -0.05) is 25.1 Å². The van der Waals surface area contributed by atoms with Crippen molar-refractivity contribution in [3.05, 3.63) is 59.2 Å². The first-order chi connectivity index (χ1) is 16.5. The number of nitrogens with zero attached hydrogens (tertiary/aromatic N) is 2. The molecular weight excluding hydrogens is 466 g/mol. The van der Waals surface area contributed by atoms with Crippen LogP contribution in [0.4, 0.5) is 5.69 Å². The average Bonchev–Trinajstić information content (AvgIpc) is 2.79. The van der Waals surface area contributed by atoms with E-state index in [9.17, 15) is 18.0 Å². The Morgan fingerprint density at radius 2 is 1.74 bits per heavy atom. The highest BCUT2D eigenvalue weighted by atomic mass is 32.2. The van der Waals surface area contributed by atoms with Gasteiger partial charge in [0, 0.05) is 26.6 Å². The van der Waals surface area contributed by atoms with Crippen molar-refractivity contribution in [2.75, 3.05) is 31.3 Å². The van der Waals surface area contributed by atoms with E-state index in [1.165, 1.54) is 10.6 Å². The molecular formula is C26H37N3O5S. The van der Waals surface area contributed by atoms with Crippen LogP contribution in [0, 0.1) is 13.8 Å². The number of carbonyl (C=O) groups is 2. The maximum absolute atomic E-state index is 13.3. The van der Waals surface area contributed by atoms with Gasteiger partial charge in [-0.25, -0.2) is 8.42 Å². The lowest BCUT2D eigenvalue weighted by Crippen LogP contribution is -2.48. The van der Waals surface area contributed by atoms with Gasteiger partial charge in [0.25, 0.3) is 0 Å². The predicted molar refractivity (Wildman–Crippen MR) is 139 cm³/mol. The van der Waals surface area contributed by atoms with Crippen molar-refractivity contribution in [3.8, 4) is 5.75 Å². The molecule has 1 N–H and O–H groups in total. The van der Waals surface area contributed by atoms with E-state index in [1.54, 1.807) is 19.1 Å². The number of carbonyl (C=O) groups excluding carboxylic acids is 2. The summed E-state index contributed by atoms with van der Waals surface area (Å²) in [5, 5.41) is 2.64. The molecule has 192 valence electrons. The molecule has 0 saturated heterocycles. The molecule has 1 atom stereocenters. The molecule has 35 heavy (non-hydrogen) atoms. The van der Waals surface area contributed by atoms with Gasteiger partial charge in [-0.15, -0.1) is 0 Å². The molecule has 0 spiro atoms. The zero-order chi connectivity index (χ0) is 26.2. The Morgan fingerprint density at radius 3 is 2.29 bits per heavy atom. The fourth-order valence-corrected chi connectivity index (χ4v) is 5.10. The standard InChI is InChI=1S/C26H37N3O5S/c1-7-24(26(31)27-4)28(18-21-10-8-11-23(17-21)34-5)25(30)12-9-13-29(35(6,32)33)22-15-19(2)14-20(3)16-22/h8,10-11,14-17,24H,7,9,12-13,18H2,1-6H3,(H,27,31)/t24-/m0/s1. The monoisotopic (exact) mass is 503 g/mol. The van der Waals surface area contributed by atoms with E-state index in [0.717, 1.165) is 16.7 Å². The van der Waals surface area contributed by atoms with E-state index in [4.69, 9.17) is 4.74 Å². The highest BCUT2D eigenvalue weighted by Gasteiger charge is 2.28. The largest absolute Gasteiger partial charge is 0.497 e. The van der Waals surface area contributed by atoms with Crippen molar-refractivity contribution >= 4 is 27.5 Å². The minimum absolute atomic E-state index is 0.105. The number of rotatable bonds is 12. The van der Waals surface area contributed by atoms with Gasteiger partial charge >= 0.3 is 0 Å². The van der Waals surface area contributed by atoms with Crippen LogP contribution in [0.3, 0.4) is 0 Å². The van der Waals surface area contributed by atoms with Crippen LogP contribution in [-0.4, -0.2) is 58.1 Å². The molecule has 8 nitrogen and oxygen atoms in total. The highest BCUT2D eigenvalue weighted by molar-refractivity contribution is 7.92. The zero-order valence-electron chi connectivity index (χ0n) is 21.5. The van der Waals surface area contributed by atoms with Crippen LogP contribution in [0.15, 0.2) is 42.5 Å². The van der Waals surface area contributed by atoms with Crippen LogP contribution in [-0.2, 0) is 26.2 Å². The van der Waals surface area contributed by atoms with E-state index >= 15 is 0 Å². The minimum Gasteiger partial charge on any atom is -0.497 e. The third-order valence-corrected chi connectivity index (χ3v) is 6.96. The number of nitrogens with one attached hydrogen (secondary N) is 1. The molecule has 0 fully saturated rings. The number of anilines is 1. The summed E-state index contributed by atoms with van der Waals surface area (Å²) in [7, 11) is -0.411. The number of likely N-dealkylation sites (N-methyl/N-ethyl adjacent to an activating group) is 1. The summed E-state index contributed by atoms with van der Waals surface area (Å²) in [6, 6.07) is 12.4. The van der Waals surface area contributed by atoms with Crippen LogP contribution < -0.4 is 14.4 Å². The fraction of sp³-hybridized carbons (Fsp3) is 0.462. The number of hydrogen-bond acceptors (Lipinski definition) is 5. The van der Waals surface area contributed by atoms with Gasteiger partial charge in [0.05, 0.1) is 19.1 Å². The number of ether oxygens (including phenoxy) is 1. The van der Waals surface area contributed by atoms with Gasteiger partial charge in [-0.05, 0) is 67.6 Å². The Balaban J connectivity index is 2.23. The van der Waals surface area contributed by atoms with Gasteiger partial charge in [0.2, 0.25) is 21.8 Å². The molecule has 2 amide bonds. The lowest BCUT2D eigenvalue weighted by Gasteiger charge is -2.31. The molecule has 2 aromatic rings. The first-order valence-electron chi connectivity index (χ1n) is 11.7. The van der Waals surface area contributed by atoms with Gasteiger partial charge in [-0.3, -0.25) is 13.9 Å². The Kier molecular flexibility index (Phi) is 10.1. The molecule has 0 aliphatic heterocycles. The molecule has 9 heteroatoms. The number of aryl methyl sites for hydroxylation is 2. The number of methoxy groups -OCH3 is 1. The van der Waals surface area contributed by atoms with Gasteiger partial charge in [-0.2, -0.15) is 0 Å². The number of hydrogen-bond donors (Lipinski definition) is 1. The summed E-state index contributed by atoms with van der Waals surface area (Å²) in [4.78, 5) is 27.5. The van der Waals surface area contributed by atoms with Crippen molar-refractivity contribution in [1.29, 1.82) is 0 Å². The first kappa shape index (κ1) is 28.2. The number of benzene rings is 2. The van der Waals surface area contributed by atoms with Crippen LogP contribution in [0.25, 0.3) is 0 Å². The third kappa shape index (κ3) is 7.99. The molecule has 0 aliphatic rings. The normalized spacial score (nSPS) is 12.1.